The average molecular weight is 369 g/mol. The van der Waals surface area contributed by atoms with Gasteiger partial charge in [-0.1, -0.05) is 0 Å². The number of nitriles is 1. The van der Waals surface area contributed by atoms with E-state index in [1.807, 2.05) is 17.9 Å². The molecule has 0 radical (unpaired) electrons. The molecular formula is C19H23N5O3. The van der Waals surface area contributed by atoms with Gasteiger partial charge in [0.2, 0.25) is 0 Å². The van der Waals surface area contributed by atoms with E-state index in [0.29, 0.717) is 29.7 Å². The number of rotatable bonds is 4. The van der Waals surface area contributed by atoms with Crippen LogP contribution in [-0.4, -0.2) is 58.4 Å². The fourth-order valence-electron chi connectivity index (χ4n) is 3.10. The number of hydrogen-bond acceptors (Lipinski definition) is 7. The Morgan fingerprint density at radius 3 is 2.74 bits per heavy atom. The molecule has 3 rings (SSSR count). The van der Waals surface area contributed by atoms with Crippen LogP contribution in [0.3, 0.4) is 0 Å². The molecule has 0 unspecified atom stereocenters. The van der Waals surface area contributed by atoms with Crippen molar-refractivity contribution >= 4 is 22.6 Å². The van der Waals surface area contributed by atoms with Crippen molar-refractivity contribution in [1.29, 1.82) is 5.26 Å². The van der Waals surface area contributed by atoms with Crippen LogP contribution < -0.4 is 10.2 Å². The molecule has 8 heteroatoms. The largest absolute Gasteiger partial charge is 0.389 e. The highest BCUT2D eigenvalue weighted by atomic mass is 16.5. The minimum absolute atomic E-state index is 0.144. The highest BCUT2D eigenvalue weighted by Gasteiger charge is 2.32. The van der Waals surface area contributed by atoms with Crippen LogP contribution >= 0.6 is 0 Å². The summed E-state index contributed by atoms with van der Waals surface area (Å²) in [7, 11) is 0. The normalized spacial score (nSPS) is 20.3. The maximum absolute atomic E-state index is 12.5. The molecule has 0 saturated carbocycles. The molecule has 27 heavy (non-hydrogen) atoms. The summed E-state index contributed by atoms with van der Waals surface area (Å²) in [6.45, 7) is 6.24. The number of aromatic nitrogens is 2. The summed E-state index contributed by atoms with van der Waals surface area (Å²) in [5.41, 5.74) is 1.45. The highest BCUT2D eigenvalue weighted by molar-refractivity contribution is 5.92. The number of nitrogens with zero attached hydrogens (tertiary/aromatic N) is 4. The number of carbonyl (C=O) groups is 1. The van der Waals surface area contributed by atoms with Crippen LogP contribution in [0.15, 0.2) is 24.5 Å². The Labute approximate surface area is 157 Å². The third-order valence-electron chi connectivity index (χ3n) is 4.31. The number of benzene rings is 1. The molecule has 2 aromatic rings. The zero-order chi connectivity index (χ0) is 19.6. The Hall–Kier alpha value is -2.76. The SMILES string of the molecule is C[C@@H]1CN(c2ccc(C#N)c3nccnc23)C[C@H](C(=O)NCC(C)(C)O)O1. The number of aliphatic hydroxyl groups is 1. The Morgan fingerprint density at radius 1 is 1.37 bits per heavy atom. The van der Waals surface area contributed by atoms with Gasteiger partial charge >= 0.3 is 0 Å². The van der Waals surface area contributed by atoms with Crippen LogP contribution in [0.5, 0.6) is 0 Å². The van der Waals surface area contributed by atoms with Crippen LogP contribution in [0, 0.1) is 11.3 Å². The summed E-state index contributed by atoms with van der Waals surface area (Å²) >= 11 is 0. The Morgan fingerprint density at radius 2 is 2.07 bits per heavy atom. The topological polar surface area (TPSA) is 111 Å². The fourth-order valence-corrected chi connectivity index (χ4v) is 3.10. The van der Waals surface area contributed by atoms with E-state index in [1.54, 1.807) is 32.3 Å². The summed E-state index contributed by atoms with van der Waals surface area (Å²) in [4.78, 5) is 23.2. The maximum Gasteiger partial charge on any atom is 0.251 e. The van der Waals surface area contributed by atoms with Crippen molar-refractivity contribution < 1.29 is 14.6 Å². The summed E-state index contributed by atoms with van der Waals surface area (Å²) in [5.74, 6) is -0.266. The summed E-state index contributed by atoms with van der Waals surface area (Å²) in [6.07, 6.45) is 2.31. The van der Waals surface area contributed by atoms with Crippen molar-refractivity contribution in [1.82, 2.24) is 15.3 Å². The predicted molar refractivity (Wildman–Crippen MR) is 100 cm³/mol. The molecule has 2 N–H and O–H groups in total. The molecule has 1 amide bonds. The van der Waals surface area contributed by atoms with Crippen molar-refractivity contribution in [2.45, 2.75) is 38.6 Å². The standard InChI is InChI=1S/C19H23N5O3/c1-12-9-24(10-15(27-12)18(25)23-11-19(2,3)26)14-5-4-13(8-20)16-17(14)22-7-6-21-16/h4-7,12,15,26H,9-11H2,1-3H3,(H,23,25)/t12-,15-/m1/s1. The molecular weight excluding hydrogens is 346 g/mol. The number of nitrogens with one attached hydrogen (secondary N) is 1. The van der Waals surface area contributed by atoms with Crippen LogP contribution in [0.4, 0.5) is 5.69 Å². The van der Waals surface area contributed by atoms with Crippen molar-refractivity contribution in [2.24, 2.45) is 0 Å². The van der Waals surface area contributed by atoms with E-state index < -0.39 is 11.7 Å². The fraction of sp³-hybridized carbons (Fsp3) is 0.474. The monoisotopic (exact) mass is 369 g/mol. The van der Waals surface area contributed by atoms with Crippen molar-refractivity contribution in [2.75, 3.05) is 24.5 Å². The van der Waals surface area contributed by atoms with Crippen molar-refractivity contribution in [3.05, 3.63) is 30.1 Å². The third kappa shape index (κ3) is 4.32. The number of amides is 1. The predicted octanol–water partition coefficient (Wildman–Crippen LogP) is 0.982. The number of ether oxygens (including phenoxy) is 1. The van der Waals surface area contributed by atoms with Gasteiger partial charge in [-0.2, -0.15) is 5.26 Å². The zero-order valence-corrected chi connectivity index (χ0v) is 15.6. The number of fused-ring (bicyclic) bond motifs is 1. The van der Waals surface area contributed by atoms with E-state index in [1.165, 1.54) is 0 Å². The number of morpholine rings is 1. The second-order valence-corrected chi connectivity index (χ2v) is 7.37. The Kier molecular flexibility index (Phi) is 5.26. The van der Waals surface area contributed by atoms with Gasteiger partial charge in [-0.05, 0) is 32.9 Å². The van der Waals surface area contributed by atoms with Gasteiger partial charge < -0.3 is 20.1 Å². The molecule has 1 aliphatic heterocycles. The molecule has 8 nitrogen and oxygen atoms in total. The van der Waals surface area contributed by atoms with E-state index >= 15 is 0 Å². The molecule has 1 aliphatic rings. The van der Waals surface area contributed by atoms with Crippen molar-refractivity contribution in [3.63, 3.8) is 0 Å². The van der Waals surface area contributed by atoms with Crippen molar-refractivity contribution in [3.8, 4) is 6.07 Å². The minimum Gasteiger partial charge on any atom is -0.389 e. The molecule has 142 valence electrons. The first-order valence-electron chi connectivity index (χ1n) is 8.83. The first-order chi connectivity index (χ1) is 12.8. The number of hydrogen-bond donors (Lipinski definition) is 2. The summed E-state index contributed by atoms with van der Waals surface area (Å²) in [5, 5.41) is 21.8. The summed E-state index contributed by atoms with van der Waals surface area (Å²) < 4.78 is 5.80. The Balaban J connectivity index is 1.86. The number of anilines is 1. The van der Waals surface area contributed by atoms with E-state index in [-0.39, 0.29) is 18.6 Å². The van der Waals surface area contributed by atoms with Gasteiger partial charge in [-0.3, -0.25) is 14.8 Å². The molecule has 1 saturated heterocycles. The smallest absolute Gasteiger partial charge is 0.251 e. The van der Waals surface area contributed by atoms with E-state index in [0.717, 1.165) is 5.69 Å². The lowest BCUT2D eigenvalue weighted by Gasteiger charge is -2.38. The van der Waals surface area contributed by atoms with Gasteiger partial charge in [-0.25, -0.2) is 0 Å². The molecule has 2 heterocycles. The summed E-state index contributed by atoms with van der Waals surface area (Å²) in [6, 6.07) is 5.68. The second-order valence-electron chi connectivity index (χ2n) is 7.37. The molecule has 0 spiro atoms. The lowest BCUT2D eigenvalue weighted by molar-refractivity contribution is -0.138. The lowest BCUT2D eigenvalue weighted by Crippen LogP contribution is -2.54. The van der Waals surface area contributed by atoms with Gasteiger partial charge in [0, 0.05) is 25.5 Å². The second kappa shape index (κ2) is 7.47. The highest BCUT2D eigenvalue weighted by Crippen LogP contribution is 2.28. The van der Waals surface area contributed by atoms with Gasteiger partial charge in [-0.15, -0.1) is 0 Å². The van der Waals surface area contributed by atoms with Gasteiger partial charge in [0.15, 0.2) is 6.10 Å². The van der Waals surface area contributed by atoms with Crippen LogP contribution in [0.2, 0.25) is 0 Å². The van der Waals surface area contributed by atoms with Crippen LogP contribution in [0.1, 0.15) is 26.3 Å². The maximum atomic E-state index is 12.5. The van der Waals surface area contributed by atoms with E-state index in [9.17, 15) is 15.2 Å². The molecule has 0 bridgehead atoms. The van der Waals surface area contributed by atoms with E-state index in [4.69, 9.17) is 4.74 Å². The van der Waals surface area contributed by atoms with Crippen LogP contribution in [0.25, 0.3) is 11.0 Å². The molecule has 1 fully saturated rings. The Bertz CT molecular complexity index is 887. The molecule has 0 aliphatic carbocycles. The van der Waals surface area contributed by atoms with Gasteiger partial charge in [0.1, 0.15) is 17.1 Å². The molecule has 1 aromatic heterocycles. The van der Waals surface area contributed by atoms with Gasteiger partial charge in [0.05, 0.1) is 29.5 Å². The van der Waals surface area contributed by atoms with Gasteiger partial charge in [0.25, 0.3) is 5.91 Å². The quantitative estimate of drug-likeness (QED) is 0.826. The van der Waals surface area contributed by atoms with E-state index in [2.05, 4.69) is 21.4 Å². The average Bonchev–Trinajstić information content (AvgIpc) is 2.64. The first-order valence-corrected chi connectivity index (χ1v) is 8.83. The first kappa shape index (κ1) is 19.0. The minimum atomic E-state index is -0.992. The molecule has 1 aromatic carbocycles. The third-order valence-corrected chi connectivity index (χ3v) is 4.31. The zero-order valence-electron chi connectivity index (χ0n) is 15.6. The number of carbonyl (C=O) groups excluding carboxylic acids is 1. The molecule has 2 atom stereocenters. The lowest BCUT2D eigenvalue weighted by atomic mass is 10.1. The van der Waals surface area contributed by atoms with Crippen LogP contribution in [-0.2, 0) is 9.53 Å².